The molecule has 0 bridgehead atoms. The molecule has 0 radical (unpaired) electrons. The molecular weight excluding hydrogens is 173 g/mol. The molecule has 0 heterocycles. The Bertz CT molecular complexity index is 186. The highest BCUT2D eigenvalue weighted by molar-refractivity contribution is 5.73. The van der Waals surface area contributed by atoms with Gasteiger partial charge >= 0.3 is 5.97 Å². The molecule has 0 aromatic rings. The fourth-order valence-electron chi connectivity index (χ4n) is 1.90. The predicted octanol–water partition coefficient (Wildman–Crippen LogP) is 1.32. The molecule has 0 spiro atoms. The molecule has 0 aliphatic heterocycles. The van der Waals surface area contributed by atoms with Crippen LogP contribution in [0.2, 0.25) is 0 Å². The van der Waals surface area contributed by atoms with E-state index in [1.807, 2.05) is 0 Å². The van der Waals surface area contributed by atoms with Gasteiger partial charge in [-0.1, -0.05) is 12.8 Å². The van der Waals surface area contributed by atoms with E-state index in [-0.39, 0.29) is 5.92 Å². The Morgan fingerprint density at radius 2 is 2.31 bits per heavy atom. The number of alkyl halides is 1. The summed E-state index contributed by atoms with van der Waals surface area (Å²) in [5, 5.41) is 8.56. The summed E-state index contributed by atoms with van der Waals surface area (Å²) in [6.45, 7) is 0. The second kappa shape index (κ2) is 4.56. The number of halogens is 1. The minimum absolute atomic E-state index is 0.162. The van der Waals surface area contributed by atoms with Gasteiger partial charge in [0.1, 0.15) is 12.2 Å². The smallest absolute Gasteiger partial charge is 0.320 e. The van der Waals surface area contributed by atoms with Crippen LogP contribution in [-0.2, 0) is 4.79 Å². The lowest BCUT2D eigenvalue weighted by atomic mass is 9.84. The molecule has 1 saturated carbocycles. The molecule has 3 N–H and O–H groups in total. The molecule has 4 heteroatoms. The number of carboxylic acid groups (broad SMARTS) is 1. The molecule has 3 unspecified atom stereocenters. The van der Waals surface area contributed by atoms with Crippen LogP contribution in [0.5, 0.6) is 0 Å². The number of carboxylic acids is 1. The number of hydrogen-bond donors (Lipinski definition) is 2. The van der Waals surface area contributed by atoms with E-state index < -0.39 is 18.2 Å². The Labute approximate surface area is 77.1 Å². The van der Waals surface area contributed by atoms with Crippen molar-refractivity contribution in [3.05, 3.63) is 0 Å². The molecule has 0 aromatic carbocycles. The Balaban J connectivity index is 2.31. The van der Waals surface area contributed by atoms with Crippen molar-refractivity contribution < 1.29 is 14.3 Å². The second-order valence-electron chi connectivity index (χ2n) is 3.81. The van der Waals surface area contributed by atoms with Crippen LogP contribution in [0, 0.1) is 5.92 Å². The lowest BCUT2D eigenvalue weighted by Crippen LogP contribution is -2.33. The third-order valence-corrected chi connectivity index (χ3v) is 2.62. The third-order valence-electron chi connectivity index (χ3n) is 2.62. The highest BCUT2D eigenvalue weighted by Gasteiger charge is 2.25. The van der Waals surface area contributed by atoms with Crippen LogP contribution in [-0.4, -0.2) is 23.3 Å². The van der Waals surface area contributed by atoms with Crippen molar-refractivity contribution in [2.24, 2.45) is 11.7 Å². The lowest BCUT2D eigenvalue weighted by molar-refractivity contribution is -0.139. The average Bonchev–Trinajstić information content (AvgIpc) is 2.04. The Morgan fingerprint density at radius 1 is 1.62 bits per heavy atom. The van der Waals surface area contributed by atoms with Crippen LogP contribution in [0.1, 0.15) is 32.1 Å². The van der Waals surface area contributed by atoms with Crippen molar-refractivity contribution in [2.45, 2.75) is 44.3 Å². The van der Waals surface area contributed by atoms with Gasteiger partial charge in [-0.15, -0.1) is 0 Å². The van der Waals surface area contributed by atoms with Gasteiger partial charge in [-0.3, -0.25) is 4.79 Å². The van der Waals surface area contributed by atoms with E-state index in [4.69, 9.17) is 10.8 Å². The first-order valence-corrected chi connectivity index (χ1v) is 4.72. The van der Waals surface area contributed by atoms with Gasteiger partial charge in [-0.2, -0.15) is 0 Å². The minimum atomic E-state index is -0.985. The van der Waals surface area contributed by atoms with Gasteiger partial charge in [0.05, 0.1) is 0 Å². The highest BCUT2D eigenvalue weighted by Crippen LogP contribution is 2.29. The number of carbonyl (C=O) groups is 1. The summed E-state index contributed by atoms with van der Waals surface area (Å²) in [5.74, 6) is -0.823. The number of rotatable bonds is 3. The molecule has 76 valence electrons. The third kappa shape index (κ3) is 3.30. The molecule has 1 fully saturated rings. The normalized spacial score (nSPS) is 31.2. The summed E-state index contributed by atoms with van der Waals surface area (Å²) < 4.78 is 12.9. The van der Waals surface area contributed by atoms with Gasteiger partial charge in [0.15, 0.2) is 0 Å². The monoisotopic (exact) mass is 189 g/mol. The van der Waals surface area contributed by atoms with Crippen molar-refractivity contribution in [2.75, 3.05) is 0 Å². The van der Waals surface area contributed by atoms with E-state index in [1.165, 1.54) is 0 Å². The topological polar surface area (TPSA) is 63.3 Å². The zero-order valence-corrected chi connectivity index (χ0v) is 7.58. The molecule has 3 nitrogen and oxygen atoms in total. The maximum Gasteiger partial charge on any atom is 0.320 e. The van der Waals surface area contributed by atoms with Gasteiger partial charge in [-0.25, -0.2) is 4.39 Å². The van der Waals surface area contributed by atoms with E-state index in [0.717, 1.165) is 12.8 Å². The molecular formula is C9H16FNO2. The zero-order valence-electron chi connectivity index (χ0n) is 7.58. The SMILES string of the molecule is NC(CC1CCCC(F)C1)C(=O)O. The Morgan fingerprint density at radius 3 is 2.85 bits per heavy atom. The maximum atomic E-state index is 12.9. The average molecular weight is 189 g/mol. The molecule has 1 aliphatic carbocycles. The Hall–Kier alpha value is -0.640. The first-order valence-electron chi connectivity index (χ1n) is 4.72. The first kappa shape index (κ1) is 10.4. The fraction of sp³-hybridized carbons (Fsp3) is 0.889. The highest BCUT2D eigenvalue weighted by atomic mass is 19.1. The number of hydrogen-bond acceptors (Lipinski definition) is 2. The van der Waals surface area contributed by atoms with Gasteiger partial charge in [0.25, 0.3) is 0 Å². The van der Waals surface area contributed by atoms with E-state index in [1.54, 1.807) is 0 Å². The molecule has 0 amide bonds. The van der Waals surface area contributed by atoms with Crippen molar-refractivity contribution in [1.29, 1.82) is 0 Å². The fourth-order valence-corrected chi connectivity index (χ4v) is 1.90. The zero-order chi connectivity index (χ0) is 9.84. The van der Waals surface area contributed by atoms with Crippen molar-refractivity contribution >= 4 is 5.97 Å². The van der Waals surface area contributed by atoms with Crippen molar-refractivity contribution in [3.8, 4) is 0 Å². The second-order valence-corrected chi connectivity index (χ2v) is 3.81. The molecule has 0 aromatic heterocycles. The number of nitrogens with two attached hydrogens (primary N) is 1. The van der Waals surface area contributed by atoms with Crippen LogP contribution < -0.4 is 5.73 Å². The molecule has 3 atom stereocenters. The van der Waals surface area contributed by atoms with Crippen molar-refractivity contribution in [1.82, 2.24) is 0 Å². The molecule has 1 rings (SSSR count). The first-order chi connectivity index (χ1) is 6.09. The van der Waals surface area contributed by atoms with Gasteiger partial charge < -0.3 is 10.8 Å². The van der Waals surface area contributed by atoms with Crippen LogP contribution in [0.3, 0.4) is 0 Å². The molecule has 13 heavy (non-hydrogen) atoms. The maximum absolute atomic E-state index is 12.9. The standard InChI is InChI=1S/C9H16FNO2/c10-7-3-1-2-6(4-7)5-8(11)9(12)13/h6-8H,1-5,11H2,(H,12,13). The van der Waals surface area contributed by atoms with Crippen LogP contribution in [0.25, 0.3) is 0 Å². The van der Waals surface area contributed by atoms with Gasteiger partial charge in [0, 0.05) is 0 Å². The lowest BCUT2D eigenvalue weighted by Gasteiger charge is -2.25. The molecule has 1 aliphatic rings. The quantitative estimate of drug-likeness (QED) is 0.703. The summed E-state index contributed by atoms with van der Waals surface area (Å²) in [5.41, 5.74) is 5.37. The predicted molar refractivity (Wildman–Crippen MR) is 47.1 cm³/mol. The van der Waals surface area contributed by atoms with E-state index in [2.05, 4.69) is 0 Å². The summed E-state index contributed by atoms with van der Waals surface area (Å²) in [6.07, 6.45) is 2.55. The largest absolute Gasteiger partial charge is 0.480 e. The summed E-state index contributed by atoms with van der Waals surface area (Å²) in [6, 6.07) is -0.824. The molecule has 0 saturated heterocycles. The van der Waals surface area contributed by atoms with Gasteiger partial charge in [0.2, 0.25) is 0 Å². The summed E-state index contributed by atoms with van der Waals surface area (Å²) in [7, 11) is 0. The summed E-state index contributed by atoms with van der Waals surface area (Å²) >= 11 is 0. The number of aliphatic carboxylic acids is 1. The van der Waals surface area contributed by atoms with Gasteiger partial charge in [-0.05, 0) is 25.2 Å². The van der Waals surface area contributed by atoms with E-state index in [9.17, 15) is 9.18 Å². The van der Waals surface area contributed by atoms with Crippen molar-refractivity contribution in [3.63, 3.8) is 0 Å². The van der Waals surface area contributed by atoms with Crippen LogP contribution in [0.4, 0.5) is 4.39 Å². The van der Waals surface area contributed by atoms with Crippen LogP contribution >= 0.6 is 0 Å². The van der Waals surface area contributed by atoms with E-state index >= 15 is 0 Å². The van der Waals surface area contributed by atoms with Crippen LogP contribution in [0.15, 0.2) is 0 Å². The van der Waals surface area contributed by atoms with E-state index in [0.29, 0.717) is 19.3 Å². The summed E-state index contributed by atoms with van der Waals surface area (Å²) in [4.78, 5) is 10.4. The Kier molecular flexibility index (Phi) is 3.66. The minimum Gasteiger partial charge on any atom is -0.480 e.